The number of furan rings is 1. The first-order valence-electron chi connectivity index (χ1n) is 8.29. The predicted molar refractivity (Wildman–Crippen MR) is 91.6 cm³/mol. The van der Waals surface area contributed by atoms with Crippen molar-refractivity contribution in [2.45, 2.75) is 25.4 Å². The van der Waals surface area contributed by atoms with Crippen molar-refractivity contribution < 1.29 is 14.3 Å². The van der Waals surface area contributed by atoms with Crippen LogP contribution in [0.4, 0.5) is 10.7 Å². The number of likely N-dealkylation sites (tertiary alicyclic amines) is 1. The second-order valence-electron chi connectivity index (χ2n) is 6.14. The lowest BCUT2D eigenvalue weighted by Gasteiger charge is -2.30. The first kappa shape index (κ1) is 15.5. The Labute approximate surface area is 144 Å². The number of pyridine rings is 1. The van der Waals surface area contributed by atoms with Gasteiger partial charge in [0.25, 0.3) is 0 Å². The van der Waals surface area contributed by atoms with Crippen molar-refractivity contribution in [3.05, 3.63) is 42.5 Å². The van der Waals surface area contributed by atoms with Gasteiger partial charge in [-0.25, -0.2) is 14.8 Å². The molecule has 1 saturated heterocycles. The molecule has 3 aromatic heterocycles. The summed E-state index contributed by atoms with van der Waals surface area (Å²) in [5.41, 5.74) is 1.61. The van der Waals surface area contributed by atoms with E-state index in [1.165, 1.54) is 4.90 Å². The maximum atomic E-state index is 11.0. The maximum Gasteiger partial charge on any atom is 0.407 e. The zero-order chi connectivity index (χ0) is 17.2. The van der Waals surface area contributed by atoms with Crippen molar-refractivity contribution in [2.24, 2.45) is 0 Å². The molecule has 3 aromatic rings. The number of rotatable bonds is 4. The van der Waals surface area contributed by atoms with Gasteiger partial charge in [-0.2, -0.15) is 0 Å². The van der Waals surface area contributed by atoms with E-state index in [0.29, 0.717) is 19.6 Å². The Bertz CT molecular complexity index is 866. The molecule has 0 aromatic carbocycles. The molecule has 1 fully saturated rings. The number of carboxylic acid groups (broad SMARTS) is 1. The van der Waals surface area contributed by atoms with E-state index in [1.54, 1.807) is 12.5 Å². The lowest BCUT2D eigenvalue weighted by molar-refractivity contribution is 0.133. The van der Waals surface area contributed by atoms with E-state index < -0.39 is 6.09 Å². The third kappa shape index (κ3) is 3.15. The van der Waals surface area contributed by atoms with Crippen molar-refractivity contribution in [3.8, 4) is 0 Å². The third-order valence-corrected chi connectivity index (χ3v) is 4.50. The molecule has 4 heterocycles. The highest BCUT2D eigenvalue weighted by atomic mass is 16.4. The largest absolute Gasteiger partial charge is 0.467 e. The number of imidazole rings is 1. The van der Waals surface area contributed by atoms with Crippen molar-refractivity contribution in [3.63, 3.8) is 0 Å². The fourth-order valence-corrected chi connectivity index (χ4v) is 3.17. The number of amides is 1. The molecule has 0 unspecified atom stereocenters. The predicted octanol–water partition coefficient (Wildman–Crippen LogP) is 2.63. The smallest absolute Gasteiger partial charge is 0.407 e. The molecule has 2 N–H and O–H groups in total. The van der Waals surface area contributed by atoms with Gasteiger partial charge in [-0.3, -0.25) is 4.57 Å². The Kier molecular flexibility index (Phi) is 4.01. The van der Waals surface area contributed by atoms with Gasteiger partial charge in [0.05, 0.1) is 12.8 Å². The highest BCUT2D eigenvalue weighted by Crippen LogP contribution is 2.22. The summed E-state index contributed by atoms with van der Waals surface area (Å²) < 4.78 is 7.46. The first-order chi connectivity index (χ1) is 12.2. The minimum absolute atomic E-state index is 0.183. The highest BCUT2D eigenvalue weighted by Gasteiger charge is 2.24. The van der Waals surface area contributed by atoms with Crippen molar-refractivity contribution in [1.29, 1.82) is 0 Å². The second kappa shape index (κ2) is 6.46. The van der Waals surface area contributed by atoms with Gasteiger partial charge < -0.3 is 19.7 Å². The summed E-state index contributed by atoms with van der Waals surface area (Å²) >= 11 is 0. The fourth-order valence-electron chi connectivity index (χ4n) is 3.17. The SMILES string of the molecule is O=C(O)N1CCC(Nc2nc3cccnc3n2Cc2ccco2)CC1. The Morgan fingerprint density at radius 3 is 2.88 bits per heavy atom. The Morgan fingerprint density at radius 1 is 1.32 bits per heavy atom. The van der Waals surface area contributed by atoms with Crippen LogP contribution in [0.15, 0.2) is 41.1 Å². The number of carbonyl (C=O) groups is 1. The zero-order valence-electron chi connectivity index (χ0n) is 13.6. The number of hydrogen-bond acceptors (Lipinski definition) is 5. The summed E-state index contributed by atoms with van der Waals surface area (Å²) in [6.07, 6.45) is 4.05. The molecule has 1 aliphatic heterocycles. The minimum Gasteiger partial charge on any atom is -0.467 e. The van der Waals surface area contributed by atoms with Gasteiger partial charge in [0.15, 0.2) is 5.65 Å². The van der Waals surface area contributed by atoms with Gasteiger partial charge in [0.1, 0.15) is 11.3 Å². The van der Waals surface area contributed by atoms with Gasteiger partial charge in [0, 0.05) is 25.3 Å². The van der Waals surface area contributed by atoms with Crippen LogP contribution in [-0.2, 0) is 6.54 Å². The maximum absolute atomic E-state index is 11.0. The Morgan fingerprint density at radius 2 is 2.16 bits per heavy atom. The first-order valence-corrected chi connectivity index (χ1v) is 8.29. The third-order valence-electron chi connectivity index (χ3n) is 4.50. The monoisotopic (exact) mass is 341 g/mol. The van der Waals surface area contributed by atoms with Crippen LogP contribution in [-0.4, -0.2) is 49.8 Å². The normalized spacial score (nSPS) is 15.6. The van der Waals surface area contributed by atoms with E-state index in [0.717, 1.165) is 35.7 Å². The van der Waals surface area contributed by atoms with Crippen LogP contribution in [0.1, 0.15) is 18.6 Å². The molecule has 0 aliphatic carbocycles. The topological polar surface area (TPSA) is 96.4 Å². The lowest BCUT2D eigenvalue weighted by atomic mass is 10.1. The number of nitrogens with zero attached hydrogens (tertiary/aromatic N) is 4. The molecule has 1 amide bonds. The highest BCUT2D eigenvalue weighted by molar-refractivity contribution is 5.74. The molecule has 0 saturated carbocycles. The number of nitrogens with one attached hydrogen (secondary N) is 1. The molecule has 8 heteroatoms. The number of hydrogen-bond donors (Lipinski definition) is 2. The minimum atomic E-state index is -0.854. The molecule has 0 radical (unpaired) electrons. The molecule has 8 nitrogen and oxygen atoms in total. The summed E-state index contributed by atoms with van der Waals surface area (Å²) in [5, 5.41) is 12.5. The van der Waals surface area contributed by atoms with E-state index in [9.17, 15) is 4.79 Å². The molecule has 0 bridgehead atoms. The molecular weight excluding hydrogens is 322 g/mol. The Balaban J connectivity index is 1.57. The van der Waals surface area contributed by atoms with Gasteiger partial charge in [-0.05, 0) is 37.1 Å². The number of aromatic nitrogens is 3. The van der Waals surface area contributed by atoms with Crippen molar-refractivity contribution in [2.75, 3.05) is 18.4 Å². The van der Waals surface area contributed by atoms with Gasteiger partial charge >= 0.3 is 6.09 Å². The summed E-state index contributed by atoms with van der Waals surface area (Å²) in [4.78, 5) is 21.6. The molecule has 1 aliphatic rings. The standard InChI is InChI=1S/C17H19N5O3/c23-17(24)21-8-5-12(6-9-21)19-16-20-14-4-1-7-18-15(14)22(16)11-13-3-2-10-25-13/h1-4,7,10,12H,5-6,8-9,11H2,(H,19,20)(H,23,24). The van der Waals surface area contributed by atoms with Gasteiger partial charge in [-0.1, -0.05) is 0 Å². The average Bonchev–Trinajstić information content (AvgIpc) is 3.24. The number of piperidine rings is 1. The molecule has 130 valence electrons. The van der Waals surface area contributed by atoms with Crippen molar-refractivity contribution in [1.82, 2.24) is 19.4 Å². The van der Waals surface area contributed by atoms with Crippen LogP contribution in [0.2, 0.25) is 0 Å². The number of anilines is 1. The summed E-state index contributed by atoms with van der Waals surface area (Å²) in [6.45, 7) is 1.60. The van der Waals surface area contributed by atoms with E-state index in [-0.39, 0.29) is 6.04 Å². The van der Waals surface area contributed by atoms with E-state index in [4.69, 9.17) is 9.52 Å². The zero-order valence-corrected chi connectivity index (χ0v) is 13.6. The van der Waals surface area contributed by atoms with Crippen LogP contribution in [0.25, 0.3) is 11.2 Å². The molecule has 25 heavy (non-hydrogen) atoms. The van der Waals surface area contributed by atoms with Crippen LogP contribution in [0.5, 0.6) is 0 Å². The average molecular weight is 341 g/mol. The summed E-state index contributed by atoms with van der Waals surface area (Å²) in [7, 11) is 0. The molecule has 4 rings (SSSR count). The van der Waals surface area contributed by atoms with Crippen LogP contribution in [0.3, 0.4) is 0 Å². The molecular formula is C17H19N5O3. The van der Waals surface area contributed by atoms with Crippen LogP contribution < -0.4 is 5.32 Å². The number of fused-ring (bicyclic) bond motifs is 1. The van der Waals surface area contributed by atoms with E-state index in [1.807, 2.05) is 28.8 Å². The summed E-state index contributed by atoms with van der Waals surface area (Å²) in [5.74, 6) is 1.56. The van der Waals surface area contributed by atoms with E-state index in [2.05, 4.69) is 15.3 Å². The van der Waals surface area contributed by atoms with Crippen LogP contribution >= 0.6 is 0 Å². The molecule has 0 spiro atoms. The van der Waals surface area contributed by atoms with Gasteiger partial charge in [0.2, 0.25) is 5.95 Å². The van der Waals surface area contributed by atoms with Gasteiger partial charge in [-0.15, -0.1) is 0 Å². The fraction of sp³-hybridized carbons (Fsp3) is 0.353. The van der Waals surface area contributed by atoms with E-state index >= 15 is 0 Å². The lowest BCUT2D eigenvalue weighted by Crippen LogP contribution is -2.42. The summed E-state index contributed by atoms with van der Waals surface area (Å²) in [6, 6.07) is 7.75. The van der Waals surface area contributed by atoms with Crippen LogP contribution in [0, 0.1) is 0 Å². The second-order valence-corrected chi connectivity index (χ2v) is 6.14. The van der Waals surface area contributed by atoms with Crippen molar-refractivity contribution >= 4 is 23.2 Å². The quantitative estimate of drug-likeness (QED) is 0.757. The molecule has 0 atom stereocenters. The Hall–Kier alpha value is -3.03.